The highest BCUT2D eigenvalue weighted by Crippen LogP contribution is 2.34. The van der Waals surface area contributed by atoms with Crippen molar-refractivity contribution in [2.75, 3.05) is 7.11 Å². The second-order valence-corrected chi connectivity index (χ2v) is 6.63. The van der Waals surface area contributed by atoms with Gasteiger partial charge in [0.1, 0.15) is 16.1 Å². The van der Waals surface area contributed by atoms with Crippen LogP contribution in [0.1, 0.15) is 12.7 Å². The van der Waals surface area contributed by atoms with Crippen LogP contribution in [0.4, 0.5) is 0 Å². The van der Waals surface area contributed by atoms with Crippen LogP contribution in [0.5, 0.6) is 0 Å². The molecule has 1 atom stereocenters. The van der Waals surface area contributed by atoms with E-state index < -0.39 is 12.0 Å². The number of halogens is 1. The zero-order valence-electron chi connectivity index (χ0n) is 10.6. The average molecular weight is 423 g/mol. The van der Waals surface area contributed by atoms with Crippen LogP contribution in [0, 0.1) is 3.77 Å². The molecule has 8 heteroatoms. The Morgan fingerprint density at radius 2 is 2.30 bits per heavy atom. The smallest absolute Gasteiger partial charge is 0.328 e. The van der Waals surface area contributed by atoms with Crippen molar-refractivity contribution in [1.82, 2.24) is 4.90 Å². The zero-order chi connectivity index (χ0) is 14.9. The molecule has 2 rings (SSSR count). The van der Waals surface area contributed by atoms with Crippen LogP contribution in [0.15, 0.2) is 21.5 Å². The molecule has 1 aromatic heterocycles. The Morgan fingerprint density at radius 3 is 2.85 bits per heavy atom. The first-order valence-corrected chi connectivity index (χ1v) is 7.84. The van der Waals surface area contributed by atoms with Crippen molar-refractivity contribution in [3.05, 3.63) is 26.6 Å². The first-order valence-electron chi connectivity index (χ1n) is 5.54. The van der Waals surface area contributed by atoms with Gasteiger partial charge in [-0.15, -0.1) is 0 Å². The molecule has 1 amide bonds. The molecule has 0 aromatic carbocycles. The molecule has 20 heavy (non-hydrogen) atoms. The number of carbonyl (C=O) groups excluding carboxylic acids is 2. The summed E-state index contributed by atoms with van der Waals surface area (Å²) in [6, 6.07) is 2.82. The van der Waals surface area contributed by atoms with Gasteiger partial charge in [0, 0.05) is 6.08 Å². The number of furan rings is 1. The lowest BCUT2D eigenvalue weighted by atomic mass is 10.3. The van der Waals surface area contributed by atoms with Crippen molar-refractivity contribution in [2.24, 2.45) is 0 Å². The van der Waals surface area contributed by atoms with Crippen LogP contribution in [0.3, 0.4) is 0 Å². The lowest BCUT2D eigenvalue weighted by Crippen LogP contribution is -2.42. The van der Waals surface area contributed by atoms with Gasteiger partial charge in [-0.1, -0.05) is 24.0 Å². The van der Waals surface area contributed by atoms with Crippen LogP contribution in [0.25, 0.3) is 6.08 Å². The van der Waals surface area contributed by atoms with E-state index >= 15 is 0 Å². The lowest BCUT2D eigenvalue weighted by molar-refractivity contribution is -0.147. The molecule has 2 heterocycles. The molecule has 0 aliphatic carbocycles. The molecule has 1 saturated heterocycles. The topological polar surface area (TPSA) is 59.8 Å². The summed E-state index contributed by atoms with van der Waals surface area (Å²) in [5.41, 5.74) is 0. The number of methoxy groups -OCH3 is 1. The molecule has 1 aliphatic heterocycles. The number of thioether (sulfide) groups is 1. The molecule has 0 saturated carbocycles. The van der Waals surface area contributed by atoms with Gasteiger partial charge in [-0.05, 0) is 41.6 Å². The van der Waals surface area contributed by atoms with Gasteiger partial charge in [0.05, 0.1) is 12.0 Å². The van der Waals surface area contributed by atoms with E-state index in [0.717, 1.165) is 15.5 Å². The van der Waals surface area contributed by atoms with E-state index in [2.05, 4.69) is 4.74 Å². The number of carbonyl (C=O) groups is 2. The summed E-state index contributed by atoms with van der Waals surface area (Å²) in [6.07, 6.45) is 1.62. The van der Waals surface area contributed by atoms with Crippen molar-refractivity contribution in [3.8, 4) is 0 Å². The van der Waals surface area contributed by atoms with Gasteiger partial charge in [0.2, 0.25) is 0 Å². The first-order chi connectivity index (χ1) is 9.43. The highest BCUT2D eigenvalue weighted by atomic mass is 127. The number of ether oxygens (including phenoxy) is 1. The van der Waals surface area contributed by atoms with Crippen molar-refractivity contribution in [2.45, 2.75) is 13.0 Å². The fourth-order valence-electron chi connectivity index (χ4n) is 1.62. The highest BCUT2D eigenvalue weighted by molar-refractivity contribution is 14.1. The van der Waals surface area contributed by atoms with Crippen molar-refractivity contribution >= 4 is 68.8 Å². The number of amides is 1. The Balaban J connectivity index is 2.25. The number of thiocarbonyl (C=S) groups is 1. The Kier molecular flexibility index (Phi) is 4.86. The van der Waals surface area contributed by atoms with Gasteiger partial charge in [-0.25, -0.2) is 4.79 Å². The minimum absolute atomic E-state index is 0.315. The molecule has 106 valence electrons. The van der Waals surface area contributed by atoms with E-state index in [1.54, 1.807) is 25.1 Å². The third-order valence-corrected chi connectivity index (χ3v) is 4.53. The van der Waals surface area contributed by atoms with Gasteiger partial charge in [-0.3, -0.25) is 9.69 Å². The molecular weight excluding hydrogens is 413 g/mol. The van der Waals surface area contributed by atoms with E-state index in [1.807, 2.05) is 22.6 Å². The van der Waals surface area contributed by atoms with Gasteiger partial charge >= 0.3 is 5.97 Å². The molecule has 5 nitrogen and oxygen atoms in total. The quantitative estimate of drug-likeness (QED) is 0.323. The van der Waals surface area contributed by atoms with E-state index in [1.165, 1.54) is 12.0 Å². The largest absolute Gasteiger partial charge is 0.467 e. The molecule has 0 radical (unpaired) electrons. The summed E-state index contributed by atoms with van der Waals surface area (Å²) in [7, 11) is 1.27. The molecular formula is C12H10INO4S2. The normalized spacial score (nSPS) is 18.8. The molecule has 0 bridgehead atoms. The van der Waals surface area contributed by atoms with Crippen LogP contribution in [0.2, 0.25) is 0 Å². The second kappa shape index (κ2) is 6.27. The molecule has 0 spiro atoms. The predicted octanol–water partition coefficient (Wildman–Crippen LogP) is 2.65. The lowest BCUT2D eigenvalue weighted by Gasteiger charge is -2.20. The fourth-order valence-corrected chi connectivity index (χ4v) is 3.46. The average Bonchev–Trinajstić information content (AvgIpc) is 2.93. The standard InChI is InChI=1S/C12H10INO4S2/c1-6(11(16)17-2)14-10(15)8(20-12(14)19)5-7-3-4-9(13)18-7/h3-6H,1-2H3/b8-5-/t6-/m0/s1. The maximum absolute atomic E-state index is 12.3. The molecule has 0 unspecified atom stereocenters. The van der Waals surface area contributed by atoms with Crippen LogP contribution in [-0.2, 0) is 14.3 Å². The maximum atomic E-state index is 12.3. The number of esters is 1. The van der Waals surface area contributed by atoms with Crippen molar-refractivity contribution in [1.29, 1.82) is 0 Å². The Hall–Kier alpha value is -0.870. The van der Waals surface area contributed by atoms with Crippen molar-refractivity contribution < 1.29 is 18.7 Å². The number of nitrogens with zero attached hydrogens (tertiary/aromatic N) is 1. The number of hydrogen-bond donors (Lipinski definition) is 0. The first kappa shape index (κ1) is 15.5. The number of hydrogen-bond acceptors (Lipinski definition) is 6. The van der Waals surface area contributed by atoms with E-state index in [0.29, 0.717) is 15.0 Å². The number of rotatable bonds is 3. The van der Waals surface area contributed by atoms with Gasteiger partial charge in [0.25, 0.3) is 5.91 Å². The summed E-state index contributed by atoms with van der Waals surface area (Å²) in [5, 5.41) is 0. The summed E-state index contributed by atoms with van der Waals surface area (Å²) in [6.45, 7) is 1.58. The summed E-state index contributed by atoms with van der Waals surface area (Å²) in [4.78, 5) is 25.5. The van der Waals surface area contributed by atoms with Crippen LogP contribution >= 0.6 is 46.6 Å². The Bertz CT molecular complexity index is 610. The Labute approximate surface area is 138 Å². The van der Waals surface area contributed by atoms with E-state index in [-0.39, 0.29) is 5.91 Å². The van der Waals surface area contributed by atoms with E-state index in [9.17, 15) is 9.59 Å². The third-order valence-electron chi connectivity index (χ3n) is 2.62. The summed E-state index contributed by atoms with van der Waals surface area (Å²) >= 11 is 8.33. The molecule has 1 aromatic rings. The minimum Gasteiger partial charge on any atom is -0.467 e. The van der Waals surface area contributed by atoms with Gasteiger partial charge in [0.15, 0.2) is 3.77 Å². The van der Waals surface area contributed by atoms with Crippen LogP contribution in [-0.4, -0.2) is 34.2 Å². The monoisotopic (exact) mass is 423 g/mol. The van der Waals surface area contributed by atoms with E-state index in [4.69, 9.17) is 16.6 Å². The summed E-state index contributed by atoms with van der Waals surface area (Å²) < 4.78 is 11.1. The zero-order valence-corrected chi connectivity index (χ0v) is 14.4. The summed E-state index contributed by atoms with van der Waals surface area (Å²) in [5.74, 6) is -0.250. The maximum Gasteiger partial charge on any atom is 0.328 e. The third kappa shape index (κ3) is 3.07. The fraction of sp³-hybridized carbons (Fsp3) is 0.250. The SMILES string of the molecule is COC(=O)[C@H](C)N1C(=O)/C(=C/c2ccc(I)o2)SC1=S. The molecule has 1 fully saturated rings. The van der Waals surface area contributed by atoms with Crippen molar-refractivity contribution in [3.63, 3.8) is 0 Å². The molecule has 0 N–H and O–H groups in total. The van der Waals surface area contributed by atoms with Gasteiger partial charge in [-0.2, -0.15) is 0 Å². The Morgan fingerprint density at radius 1 is 1.60 bits per heavy atom. The van der Waals surface area contributed by atoms with Gasteiger partial charge < -0.3 is 9.15 Å². The van der Waals surface area contributed by atoms with Crippen LogP contribution < -0.4 is 0 Å². The minimum atomic E-state index is -0.741. The highest BCUT2D eigenvalue weighted by Gasteiger charge is 2.38. The molecule has 1 aliphatic rings. The second-order valence-electron chi connectivity index (χ2n) is 3.89. The predicted molar refractivity (Wildman–Crippen MR) is 87.9 cm³/mol.